The van der Waals surface area contributed by atoms with E-state index < -0.39 is 0 Å². The molecule has 1 aromatic carbocycles. The first-order valence-corrected chi connectivity index (χ1v) is 7.05. The first-order chi connectivity index (χ1) is 9.06. The van der Waals surface area contributed by atoms with Crippen molar-refractivity contribution < 1.29 is 4.79 Å². The summed E-state index contributed by atoms with van der Waals surface area (Å²) in [4.78, 5) is 11.8. The Kier molecular flexibility index (Phi) is 6.54. The molecular formula is C14H18BrN3O. The highest BCUT2D eigenvalue weighted by Gasteiger charge is 2.08. The third-order valence-electron chi connectivity index (χ3n) is 2.90. The van der Waals surface area contributed by atoms with E-state index in [0.717, 1.165) is 17.3 Å². The van der Waals surface area contributed by atoms with Crippen LogP contribution in [0.1, 0.15) is 31.7 Å². The van der Waals surface area contributed by atoms with Crippen LogP contribution >= 0.6 is 15.9 Å². The van der Waals surface area contributed by atoms with Crippen molar-refractivity contribution in [2.45, 2.75) is 26.2 Å². The highest BCUT2D eigenvalue weighted by atomic mass is 79.9. The second-order valence-electron chi connectivity index (χ2n) is 4.58. The van der Waals surface area contributed by atoms with Gasteiger partial charge in [-0.3, -0.25) is 4.79 Å². The SMILES string of the molecule is CC(CCN)CCC(=O)Nc1ccc(C#N)cc1Br. The van der Waals surface area contributed by atoms with Crippen LogP contribution < -0.4 is 11.1 Å². The molecule has 102 valence electrons. The van der Waals surface area contributed by atoms with Crippen LogP contribution in [0.5, 0.6) is 0 Å². The standard InChI is InChI=1S/C14H18BrN3O/c1-10(6-7-16)2-5-14(19)18-13-4-3-11(9-17)8-12(13)15/h3-4,8,10H,2,5-7,16H2,1H3,(H,18,19). The maximum absolute atomic E-state index is 11.8. The monoisotopic (exact) mass is 323 g/mol. The summed E-state index contributed by atoms with van der Waals surface area (Å²) in [5, 5.41) is 11.6. The van der Waals surface area contributed by atoms with E-state index in [4.69, 9.17) is 11.0 Å². The summed E-state index contributed by atoms with van der Waals surface area (Å²) in [6, 6.07) is 7.14. The first-order valence-electron chi connectivity index (χ1n) is 6.26. The van der Waals surface area contributed by atoms with Crippen molar-refractivity contribution >= 4 is 27.5 Å². The minimum absolute atomic E-state index is 0.0192. The van der Waals surface area contributed by atoms with Crippen LogP contribution in [-0.2, 0) is 4.79 Å². The van der Waals surface area contributed by atoms with Gasteiger partial charge in [-0.1, -0.05) is 6.92 Å². The Balaban J connectivity index is 2.51. The molecule has 0 aliphatic rings. The number of hydrogen-bond donors (Lipinski definition) is 2. The molecule has 0 fully saturated rings. The number of hydrogen-bond acceptors (Lipinski definition) is 3. The van der Waals surface area contributed by atoms with E-state index in [1.165, 1.54) is 0 Å². The van der Waals surface area contributed by atoms with Gasteiger partial charge in [-0.2, -0.15) is 5.26 Å². The van der Waals surface area contributed by atoms with Gasteiger partial charge in [0.15, 0.2) is 0 Å². The van der Waals surface area contributed by atoms with Gasteiger partial charge >= 0.3 is 0 Å². The lowest BCUT2D eigenvalue weighted by atomic mass is 10.0. The maximum Gasteiger partial charge on any atom is 0.224 e. The number of carbonyl (C=O) groups excluding carboxylic acids is 1. The fourth-order valence-corrected chi connectivity index (χ4v) is 2.18. The molecule has 1 atom stereocenters. The molecule has 0 bridgehead atoms. The van der Waals surface area contributed by atoms with Gasteiger partial charge in [0.1, 0.15) is 0 Å². The highest BCUT2D eigenvalue weighted by molar-refractivity contribution is 9.10. The number of rotatable bonds is 6. The predicted molar refractivity (Wildman–Crippen MR) is 79.6 cm³/mol. The van der Waals surface area contributed by atoms with E-state index in [2.05, 4.69) is 28.2 Å². The molecule has 5 heteroatoms. The van der Waals surface area contributed by atoms with Crippen molar-refractivity contribution in [3.05, 3.63) is 28.2 Å². The number of carbonyl (C=O) groups is 1. The van der Waals surface area contributed by atoms with Gasteiger partial charge < -0.3 is 11.1 Å². The van der Waals surface area contributed by atoms with E-state index in [1.54, 1.807) is 18.2 Å². The molecule has 3 N–H and O–H groups in total. The third-order valence-corrected chi connectivity index (χ3v) is 3.55. The Morgan fingerprint density at radius 2 is 2.26 bits per heavy atom. The Bertz CT molecular complexity index is 482. The fourth-order valence-electron chi connectivity index (χ4n) is 1.71. The van der Waals surface area contributed by atoms with Gasteiger partial charge in [-0.15, -0.1) is 0 Å². The highest BCUT2D eigenvalue weighted by Crippen LogP contribution is 2.23. The molecule has 1 rings (SSSR count). The summed E-state index contributed by atoms with van der Waals surface area (Å²) in [6.45, 7) is 2.75. The van der Waals surface area contributed by atoms with E-state index in [-0.39, 0.29) is 5.91 Å². The number of nitrogens with two attached hydrogens (primary N) is 1. The molecule has 0 saturated heterocycles. The normalized spacial score (nSPS) is 11.7. The zero-order valence-electron chi connectivity index (χ0n) is 10.9. The van der Waals surface area contributed by atoms with Crippen LogP contribution in [0.3, 0.4) is 0 Å². The Morgan fingerprint density at radius 1 is 1.53 bits per heavy atom. The van der Waals surface area contributed by atoms with Crippen LogP contribution in [0.15, 0.2) is 22.7 Å². The van der Waals surface area contributed by atoms with Crippen LogP contribution in [0.25, 0.3) is 0 Å². The summed E-state index contributed by atoms with van der Waals surface area (Å²) < 4.78 is 0.718. The molecule has 1 unspecified atom stereocenters. The lowest BCUT2D eigenvalue weighted by molar-refractivity contribution is -0.116. The Labute approximate surface area is 122 Å². The van der Waals surface area contributed by atoms with Crippen LogP contribution in [0, 0.1) is 17.2 Å². The molecule has 19 heavy (non-hydrogen) atoms. The topological polar surface area (TPSA) is 78.9 Å². The lowest BCUT2D eigenvalue weighted by Crippen LogP contribution is -2.14. The summed E-state index contributed by atoms with van der Waals surface area (Å²) in [7, 11) is 0. The number of nitrogens with one attached hydrogen (secondary N) is 1. The van der Waals surface area contributed by atoms with Crippen molar-refractivity contribution in [3.63, 3.8) is 0 Å². The number of halogens is 1. The second-order valence-corrected chi connectivity index (χ2v) is 5.43. The molecule has 4 nitrogen and oxygen atoms in total. The van der Waals surface area contributed by atoms with Crippen molar-refractivity contribution in [2.24, 2.45) is 11.7 Å². The molecular weight excluding hydrogens is 306 g/mol. The van der Waals surface area contributed by atoms with Crippen molar-refractivity contribution in [2.75, 3.05) is 11.9 Å². The average Bonchev–Trinajstić information content (AvgIpc) is 2.39. The maximum atomic E-state index is 11.8. The first kappa shape index (κ1) is 15.7. The Hall–Kier alpha value is -1.38. The molecule has 0 aliphatic carbocycles. The van der Waals surface area contributed by atoms with Gasteiger partial charge in [0.05, 0.1) is 17.3 Å². The molecule has 0 saturated carbocycles. The minimum atomic E-state index is -0.0192. The summed E-state index contributed by atoms with van der Waals surface area (Å²) in [6.07, 6.45) is 2.25. The van der Waals surface area contributed by atoms with E-state index in [9.17, 15) is 4.79 Å². The zero-order chi connectivity index (χ0) is 14.3. The van der Waals surface area contributed by atoms with Gasteiger partial charge in [0.2, 0.25) is 5.91 Å². The van der Waals surface area contributed by atoms with Crippen molar-refractivity contribution in [3.8, 4) is 6.07 Å². The second kappa shape index (κ2) is 7.93. The van der Waals surface area contributed by atoms with Gasteiger partial charge in [0.25, 0.3) is 0 Å². The van der Waals surface area contributed by atoms with E-state index in [1.807, 2.05) is 6.07 Å². The van der Waals surface area contributed by atoms with Crippen LogP contribution in [-0.4, -0.2) is 12.5 Å². The molecule has 0 radical (unpaired) electrons. The molecule has 0 aliphatic heterocycles. The molecule has 0 spiro atoms. The van der Waals surface area contributed by atoms with Crippen molar-refractivity contribution in [1.29, 1.82) is 5.26 Å². The predicted octanol–water partition coefficient (Wildman–Crippen LogP) is 3.02. The average molecular weight is 324 g/mol. The summed E-state index contributed by atoms with van der Waals surface area (Å²) in [5.41, 5.74) is 6.72. The van der Waals surface area contributed by atoms with Crippen molar-refractivity contribution in [1.82, 2.24) is 0 Å². The summed E-state index contributed by atoms with van der Waals surface area (Å²) >= 11 is 3.34. The lowest BCUT2D eigenvalue weighted by Gasteiger charge is -2.11. The number of nitriles is 1. The largest absolute Gasteiger partial charge is 0.330 e. The van der Waals surface area contributed by atoms with E-state index in [0.29, 0.717) is 30.1 Å². The molecule has 0 aromatic heterocycles. The minimum Gasteiger partial charge on any atom is -0.330 e. The number of anilines is 1. The van der Waals surface area contributed by atoms with E-state index >= 15 is 0 Å². The fraction of sp³-hybridized carbons (Fsp3) is 0.429. The Morgan fingerprint density at radius 3 is 2.84 bits per heavy atom. The molecule has 1 amide bonds. The van der Waals surface area contributed by atoms with Gasteiger partial charge in [0, 0.05) is 10.9 Å². The number of nitrogens with zero attached hydrogens (tertiary/aromatic N) is 1. The van der Waals surface area contributed by atoms with Gasteiger partial charge in [-0.25, -0.2) is 0 Å². The zero-order valence-corrected chi connectivity index (χ0v) is 12.5. The quantitative estimate of drug-likeness (QED) is 0.844. The van der Waals surface area contributed by atoms with Gasteiger partial charge in [-0.05, 0) is 59.4 Å². The number of amides is 1. The van der Waals surface area contributed by atoms with Crippen LogP contribution in [0.2, 0.25) is 0 Å². The molecule has 0 heterocycles. The summed E-state index contributed by atoms with van der Waals surface area (Å²) in [5.74, 6) is 0.439. The smallest absolute Gasteiger partial charge is 0.224 e. The third kappa shape index (κ3) is 5.41. The molecule has 1 aromatic rings. The number of benzene rings is 1. The van der Waals surface area contributed by atoms with Crippen LogP contribution in [0.4, 0.5) is 5.69 Å².